The van der Waals surface area contributed by atoms with Crippen molar-refractivity contribution in [2.45, 2.75) is 13.1 Å². The van der Waals surface area contributed by atoms with E-state index >= 15 is 0 Å². The van der Waals surface area contributed by atoms with E-state index in [4.69, 9.17) is 0 Å². The van der Waals surface area contributed by atoms with Gasteiger partial charge in [-0.25, -0.2) is 0 Å². The Morgan fingerprint density at radius 1 is 0.867 bits per heavy atom. The Hall–Kier alpha value is -3.29. The van der Waals surface area contributed by atoms with E-state index in [1.165, 1.54) is 23.1 Å². The number of piperazine rings is 1. The second-order valence-corrected chi connectivity index (χ2v) is 7.30. The van der Waals surface area contributed by atoms with E-state index in [-0.39, 0.29) is 37.6 Å². The normalized spacial score (nSPS) is 14.9. The molecule has 1 aliphatic rings. The molecule has 1 aromatic heterocycles. The highest BCUT2D eigenvalue weighted by Gasteiger charge is 2.36. The molecule has 2 heterocycles. The molecule has 1 saturated heterocycles. The van der Waals surface area contributed by atoms with Crippen LogP contribution in [0.2, 0.25) is 0 Å². The summed E-state index contributed by atoms with van der Waals surface area (Å²) in [6.45, 7) is 2.74. The Morgan fingerprint density at radius 3 is 2.07 bits per heavy atom. The number of amides is 2. The molecule has 156 valence electrons. The topological polar surface area (TPSA) is 56.4 Å². The van der Waals surface area contributed by atoms with Crippen LogP contribution in [-0.4, -0.2) is 52.8 Å². The van der Waals surface area contributed by atoms with Crippen LogP contribution in [0.15, 0.2) is 48.5 Å². The third kappa shape index (κ3) is 3.53. The van der Waals surface area contributed by atoms with Crippen molar-refractivity contribution >= 4 is 22.7 Å². The van der Waals surface area contributed by atoms with E-state index in [1.807, 2.05) is 31.2 Å². The lowest BCUT2D eigenvalue weighted by Gasteiger charge is -2.35. The van der Waals surface area contributed by atoms with Crippen LogP contribution in [-0.2, 0) is 6.18 Å². The fourth-order valence-corrected chi connectivity index (χ4v) is 3.85. The van der Waals surface area contributed by atoms with Crippen molar-refractivity contribution in [3.8, 4) is 0 Å². The van der Waals surface area contributed by atoms with Crippen molar-refractivity contribution < 1.29 is 22.8 Å². The number of benzene rings is 2. The largest absolute Gasteiger partial charge is 0.417 e. The Bertz CT molecular complexity index is 1110. The van der Waals surface area contributed by atoms with Crippen LogP contribution >= 0.6 is 0 Å². The van der Waals surface area contributed by atoms with Crippen LogP contribution in [0.4, 0.5) is 13.2 Å². The molecule has 0 atom stereocenters. The van der Waals surface area contributed by atoms with Gasteiger partial charge in [-0.15, -0.1) is 0 Å². The highest BCUT2D eigenvalue weighted by Crippen LogP contribution is 2.32. The molecule has 2 amide bonds. The second kappa shape index (κ2) is 7.51. The number of nitrogens with one attached hydrogen (secondary N) is 1. The van der Waals surface area contributed by atoms with Crippen LogP contribution in [0.3, 0.4) is 0 Å². The number of aryl methyl sites for hydroxylation is 1. The maximum absolute atomic E-state index is 13.2. The van der Waals surface area contributed by atoms with E-state index in [9.17, 15) is 22.8 Å². The van der Waals surface area contributed by atoms with Crippen molar-refractivity contribution in [3.63, 3.8) is 0 Å². The van der Waals surface area contributed by atoms with Crippen LogP contribution in [0.25, 0.3) is 10.9 Å². The number of rotatable bonds is 2. The Kier molecular flexibility index (Phi) is 5.01. The standard InChI is InChI=1S/C22H20F3N3O2/c1-14-15-6-3-5-9-18(15)26-19(14)21(30)28-12-10-27(11-13-28)20(29)16-7-2-4-8-17(16)22(23,24)25/h2-9,26H,10-13H2,1H3. The number of hydrogen-bond donors (Lipinski definition) is 1. The summed E-state index contributed by atoms with van der Waals surface area (Å²) in [7, 11) is 0. The first-order valence-corrected chi connectivity index (χ1v) is 9.59. The zero-order valence-electron chi connectivity index (χ0n) is 16.3. The summed E-state index contributed by atoms with van der Waals surface area (Å²) in [5.41, 5.74) is 0.918. The van der Waals surface area contributed by atoms with Crippen molar-refractivity contribution in [1.82, 2.24) is 14.8 Å². The SMILES string of the molecule is Cc1c(C(=O)N2CCN(C(=O)c3ccccc3C(F)(F)F)CC2)[nH]c2ccccc12. The first-order chi connectivity index (χ1) is 14.3. The maximum atomic E-state index is 13.2. The number of alkyl halides is 3. The van der Waals surface area contributed by atoms with Gasteiger partial charge in [0.15, 0.2) is 0 Å². The fraction of sp³-hybridized carbons (Fsp3) is 0.273. The van der Waals surface area contributed by atoms with Gasteiger partial charge in [-0.3, -0.25) is 9.59 Å². The number of carbonyl (C=O) groups is 2. The monoisotopic (exact) mass is 415 g/mol. The molecule has 3 aromatic rings. The number of carbonyl (C=O) groups excluding carboxylic acids is 2. The van der Waals surface area contributed by atoms with E-state index in [0.717, 1.165) is 22.5 Å². The molecule has 4 rings (SSSR count). The quantitative estimate of drug-likeness (QED) is 0.685. The first-order valence-electron chi connectivity index (χ1n) is 9.59. The molecule has 1 aliphatic heterocycles. The summed E-state index contributed by atoms with van der Waals surface area (Å²) in [4.78, 5) is 31.8. The molecule has 0 unspecified atom stereocenters. The Labute approximate surface area is 171 Å². The molecule has 0 bridgehead atoms. The number of fused-ring (bicyclic) bond motifs is 1. The van der Waals surface area contributed by atoms with Crippen LogP contribution in [0.5, 0.6) is 0 Å². The van der Waals surface area contributed by atoms with Gasteiger partial charge in [0, 0.05) is 37.1 Å². The van der Waals surface area contributed by atoms with Gasteiger partial charge in [0.05, 0.1) is 11.1 Å². The molecule has 8 heteroatoms. The van der Waals surface area contributed by atoms with Crippen LogP contribution in [0.1, 0.15) is 32.0 Å². The summed E-state index contributed by atoms with van der Waals surface area (Å²) in [5.74, 6) is -0.844. The number of aromatic nitrogens is 1. The van der Waals surface area contributed by atoms with Crippen molar-refractivity contribution in [1.29, 1.82) is 0 Å². The van der Waals surface area contributed by atoms with E-state index in [1.54, 1.807) is 4.90 Å². The average Bonchev–Trinajstić information content (AvgIpc) is 3.09. The minimum absolute atomic E-state index is 0.175. The van der Waals surface area contributed by atoms with E-state index < -0.39 is 17.6 Å². The molecule has 30 heavy (non-hydrogen) atoms. The zero-order valence-corrected chi connectivity index (χ0v) is 16.3. The van der Waals surface area contributed by atoms with Gasteiger partial charge < -0.3 is 14.8 Å². The summed E-state index contributed by atoms with van der Waals surface area (Å²) >= 11 is 0. The minimum atomic E-state index is -4.60. The first kappa shape index (κ1) is 20.0. The van der Waals surface area contributed by atoms with Crippen LogP contribution in [0, 0.1) is 6.92 Å². The third-order valence-electron chi connectivity index (χ3n) is 5.50. The van der Waals surface area contributed by atoms with E-state index in [2.05, 4.69) is 4.98 Å². The van der Waals surface area contributed by atoms with Gasteiger partial charge in [0.2, 0.25) is 0 Å². The molecule has 5 nitrogen and oxygen atoms in total. The van der Waals surface area contributed by atoms with Gasteiger partial charge >= 0.3 is 6.18 Å². The molecule has 0 aliphatic carbocycles. The molecule has 1 fully saturated rings. The average molecular weight is 415 g/mol. The summed E-state index contributed by atoms with van der Waals surface area (Å²) in [5, 5.41) is 0.971. The number of halogens is 3. The van der Waals surface area contributed by atoms with Crippen molar-refractivity contribution in [2.24, 2.45) is 0 Å². The lowest BCUT2D eigenvalue weighted by atomic mass is 10.1. The Balaban J connectivity index is 1.48. The summed E-state index contributed by atoms with van der Waals surface area (Å²) < 4.78 is 39.7. The highest BCUT2D eigenvalue weighted by atomic mass is 19.4. The molecule has 0 spiro atoms. The van der Waals surface area contributed by atoms with Gasteiger partial charge in [-0.2, -0.15) is 13.2 Å². The summed E-state index contributed by atoms with van der Waals surface area (Å²) in [6, 6.07) is 12.4. The molecule has 0 radical (unpaired) electrons. The number of H-pyrrole nitrogens is 1. The minimum Gasteiger partial charge on any atom is -0.350 e. The van der Waals surface area contributed by atoms with Gasteiger partial charge in [-0.1, -0.05) is 30.3 Å². The maximum Gasteiger partial charge on any atom is 0.417 e. The van der Waals surface area contributed by atoms with Crippen molar-refractivity contribution in [3.05, 3.63) is 70.9 Å². The molecule has 2 aromatic carbocycles. The number of hydrogen-bond acceptors (Lipinski definition) is 2. The predicted molar refractivity (Wildman–Crippen MR) is 106 cm³/mol. The molecule has 0 saturated carbocycles. The number of nitrogens with zero attached hydrogens (tertiary/aromatic N) is 2. The van der Waals surface area contributed by atoms with Crippen molar-refractivity contribution in [2.75, 3.05) is 26.2 Å². The third-order valence-corrected chi connectivity index (χ3v) is 5.50. The number of para-hydroxylation sites is 1. The lowest BCUT2D eigenvalue weighted by molar-refractivity contribution is -0.138. The molecular weight excluding hydrogens is 395 g/mol. The highest BCUT2D eigenvalue weighted by molar-refractivity contribution is 6.01. The lowest BCUT2D eigenvalue weighted by Crippen LogP contribution is -2.51. The smallest absolute Gasteiger partial charge is 0.350 e. The zero-order chi connectivity index (χ0) is 21.5. The fourth-order valence-electron chi connectivity index (χ4n) is 3.85. The van der Waals surface area contributed by atoms with Gasteiger partial charge in [0.1, 0.15) is 5.69 Å². The molecule has 1 N–H and O–H groups in total. The van der Waals surface area contributed by atoms with Crippen LogP contribution < -0.4 is 0 Å². The van der Waals surface area contributed by atoms with Gasteiger partial charge in [-0.05, 0) is 30.7 Å². The second-order valence-electron chi connectivity index (χ2n) is 7.30. The summed E-state index contributed by atoms with van der Waals surface area (Å²) in [6.07, 6.45) is -4.60. The molecular formula is C22H20F3N3O2. The Morgan fingerprint density at radius 2 is 1.43 bits per heavy atom. The van der Waals surface area contributed by atoms with Gasteiger partial charge in [0.25, 0.3) is 11.8 Å². The number of aromatic amines is 1. The van der Waals surface area contributed by atoms with E-state index in [0.29, 0.717) is 5.69 Å². The predicted octanol–water partition coefficient (Wildman–Crippen LogP) is 4.09.